The molecule has 0 unspecified atom stereocenters. The van der Waals surface area contributed by atoms with Crippen molar-refractivity contribution >= 4 is 59.3 Å². The molecule has 11 rings (SSSR count). The summed E-state index contributed by atoms with van der Waals surface area (Å²) in [6, 6.07) is 73.9. The van der Waals surface area contributed by atoms with Crippen LogP contribution < -0.4 is 4.90 Å². The van der Waals surface area contributed by atoms with Gasteiger partial charge in [0.05, 0.1) is 11.4 Å². The van der Waals surface area contributed by atoms with Crippen LogP contribution in [0.5, 0.6) is 0 Å². The van der Waals surface area contributed by atoms with Gasteiger partial charge >= 0.3 is 0 Å². The predicted octanol–water partition coefficient (Wildman–Crippen LogP) is 16.0. The molecule has 0 radical (unpaired) electrons. The molecule has 57 heavy (non-hydrogen) atoms. The van der Waals surface area contributed by atoms with Gasteiger partial charge in [0.15, 0.2) is 0 Å². The first-order valence-corrected chi connectivity index (χ1v) is 20.6. The lowest BCUT2D eigenvalue weighted by Gasteiger charge is -2.30. The number of rotatable bonds is 6. The summed E-state index contributed by atoms with van der Waals surface area (Å²) in [6.07, 6.45) is 0. The van der Waals surface area contributed by atoms with Crippen molar-refractivity contribution < 1.29 is 0 Å². The van der Waals surface area contributed by atoms with E-state index in [4.69, 9.17) is 0 Å². The minimum absolute atomic E-state index is 0.0937. The Morgan fingerprint density at radius 3 is 1.72 bits per heavy atom. The van der Waals surface area contributed by atoms with Gasteiger partial charge in [-0.3, -0.25) is 0 Å². The summed E-state index contributed by atoms with van der Waals surface area (Å²) in [7, 11) is 0. The van der Waals surface area contributed by atoms with Gasteiger partial charge in [-0.1, -0.05) is 184 Å². The Morgan fingerprint density at radius 2 is 0.912 bits per heavy atom. The van der Waals surface area contributed by atoms with E-state index in [2.05, 4.69) is 219 Å². The van der Waals surface area contributed by atoms with Crippen molar-refractivity contribution in [3.05, 3.63) is 211 Å². The molecule has 0 fully saturated rings. The smallest absolute Gasteiger partial charge is 0.0540 e. The van der Waals surface area contributed by atoms with Gasteiger partial charge in [-0.15, -0.1) is 11.3 Å². The number of fused-ring (bicyclic) bond motifs is 7. The third-order valence-corrected chi connectivity index (χ3v) is 13.3. The number of hydrogen-bond acceptors (Lipinski definition) is 2. The van der Waals surface area contributed by atoms with Gasteiger partial charge in [-0.25, -0.2) is 0 Å². The molecular weight excluding hydrogens is 707 g/mol. The van der Waals surface area contributed by atoms with E-state index in [-0.39, 0.29) is 5.41 Å². The highest BCUT2D eigenvalue weighted by Gasteiger charge is 2.37. The lowest BCUT2D eigenvalue weighted by molar-refractivity contribution is 0.660. The van der Waals surface area contributed by atoms with E-state index < -0.39 is 0 Å². The fourth-order valence-electron chi connectivity index (χ4n) is 9.41. The molecule has 2 heteroatoms. The summed E-state index contributed by atoms with van der Waals surface area (Å²) in [6.45, 7) is 4.73. The number of benzene rings is 9. The van der Waals surface area contributed by atoms with Crippen LogP contribution in [-0.4, -0.2) is 0 Å². The Kier molecular flexibility index (Phi) is 7.77. The van der Waals surface area contributed by atoms with Gasteiger partial charge < -0.3 is 4.90 Å². The zero-order chi connectivity index (χ0) is 38.1. The first-order chi connectivity index (χ1) is 28.1. The lowest BCUT2D eigenvalue weighted by atomic mass is 9.82. The van der Waals surface area contributed by atoms with Crippen LogP contribution in [0.1, 0.15) is 25.0 Å². The first kappa shape index (κ1) is 33.6. The number of para-hydroxylation sites is 2. The summed E-state index contributed by atoms with van der Waals surface area (Å²) >= 11 is 1.88. The highest BCUT2D eigenvalue weighted by molar-refractivity contribution is 7.26. The van der Waals surface area contributed by atoms with Crippen LogP contribution in [-0.2, 0) is 5.41 Å². The molecule has 1 nitrogen and oxygen atoms in total. The van der Waals surface area contributed by atoms with E-state index >= 15 is 0 Å². The predicted molar refractivity (Wildman–Crippen MR) is 245 cm³/mol. The lowest BCUT2D eigenvalue weighted by Crippen LogP contribution is -2.15. The SMILES string of the molecule is CC1(C)c2ccccc2-c2c(-c3ccccc3N(c3ccc(-c4cccc5ccccc45)cc3)c3ccccc3-c3cccc4c3sc3ccccc34)cccc21. The summed E-state index contributed by atoms with van der Waals surface area (Å²) in [5.41, 5.74) is 16.1. The molecule has 0 spiro atoms. The molecule has 0 aliphatic heterocycles. The van der Waals surface area contributed by atoms with Crippen LogP contribution in [0.25, 0.3) is 75.5 Å². The second-order valence-electron chi connectivity index (χ2n) is 15.6. The van der Waals surface area contributed by atoms with Crippen LogP contribution in [0.2, 0.25) is 0 Å². The van der Waals surface area contributed by atoms with E-state index in [0.29, 0.717) is 0 Å². The highest BCUT2D eigenvalue weighted by atomic mass is 32.1. The van der Waals surface area contributed by atoms with Crippen molar-refractivity contribution in [2.24, 2.45) is 0 Å². The van der Waals surface area contributed by atoms with Crippen molar-refractivity contribution in [1.82, 2.24) is 0 Å². The molecule has 10 aromatic rings. The Bertz CT molecular complexity index is 3160. The standard InChI is InChI=1S/C55H39NS/c1-55(2)48-27-9-5-22-47(48)53-44(24-15-28-49(53)55)41-19-6-10-29-50(41)56(38-34-32-37(33-35-38)40-23-13-17-36-16-3-4-18-39(36)40)51-30-11-7-20-42(51)45-25-14-26-46-43-21-8-12-31-52(43)57-54(45)46/h3-35H,1-2H3. The van der Waals surface area contributed by atoms with Gasteiger partial charge in [0.2, 0.25) is 0 Å². The van der Waals surface area contributed by atoms with Gasteiger partial charge in [0, 0.05) is 48.0 Å². The maximum Gasteiger partial charge on any atom is 0.0540 e. The van der Waals surface area contributed by atoms with Gasteiger partial charge in [0.1, 0.15) is 0 Å². The molecule has 0 saturated carbocycles. The molecule has 270 valence electrons. The molecule has 0 N–H and O–H groups in total. The third-order valence-electron chi connectivity index (χ3n) is 12.1. The van der Waals surface area contributed by atoms with Crippen LogP contribution in [0.4, 0.5) is 17.1 Å². The molecule has 1 heterocycles. The largest absolute Gasteiger partial charge is 0.309 e. The van der Waals surface area contributed by atoms with Crippen LogP contribution >= 0.6 is 11.3 Å². The van der Waals surface area contributed by atoms with Crippen molar-refractivity contribution in [3.63, 3.8) is 0 Å². The van der Waals surface area contributed by atoms with Crippen molar-refractivity contribution in [2.45, 2.75) is 19.3 Å². The first-order valence-electron chi connectivity index (χ1n) is 19.8. The molecule has 0 atom stereocenters. The Hall–Kier alpha value is -6.74. The van der Waals surface area contributed by atoms with Gasteiger partial charge in [-0.2, -0.15) is 0 Å². The topological polar surface area (TPSA) is 3.24 Å². The van der Waals surface area contributed by atoms with Gasteiger partial charge in [-0.05, 0) is 80.0 Å². The van der Waals surface area contributed by atoms with Crippen molar-refractivity contribution in [3.8, 4) is 44.5 Å². The molecule has 9 aromatic carbocycles. The van der Waals surface area contributed by atoms with Gasteiger partial charge in [0.25, 0.3) is 0 Å². The maximum atomic E-state index is 2.50. The molecule has 0 saturated heterocycles. The van der Waals surface area contributed by atoms with Crippen LogP contribution in [0.3, 0.4) is 0 Å². The minimum Gasteiger partial charge on any atom is -0.309 e. The third kappa shape index (κ3) is 5.29. The highest BCUT2D eigenvalue weighted by Crippen LogP contribution is 2.54. The summed E-state index contributed by atoms with van der Waals surface area (Å²) in [5, 5.41) is 5.12. The molecule has 0 bridgehead atoms. The maximum absolute atomic E-state index is 2.50. The van der Waals surface area contributed by atoms with Crippen LogP contribution in [0, 0.1) is 0 Å². The Balaban J connectivity index is 1.16. The summed E-state index contributed by atoms with van der Waals surface area (Å²) < 4.78 is 2.62. The molecule has 1 aliphatic carbocycles. The zero-order valence-corrected chi connectivity index (χ0v) is 32.7. The fourth-order valence-corrected chi connectivity index (χ4v) is 10.6. The van der Waals surface area contributed by atoms with E-state index in [1.54, 1.807) is 0 Å². The minimum atomic E-state index is -0.0937. The second-order valence-corrected chi connectivity index (χ2v) is 16.7. The number of thiophene rings is 1. The van der Waals surface area contributed by atoms with E-state index in [9.17, 15) is 0 Å². The quantitative estimate of drug-likeness (QED) is 0.164. The summed E-state index contributed by atoms with van der Waals surface area (Å²) in [5.74, 6) is 0. The molecule has 1 aliphatic rings. The average molecular weight is 746 g/mol. The molecule has 1 aromatic heterocycles. The van der Waals surface area contributed by atoms with E-state index in [1.807, 2.05) is 11.3 Å². The average Bonchev–Trinajstić information content (AvgIpc) is 3.76. The second kappa shape index (κ2) is 13.2. The molecule has 0 amide bonds. The normalized spacial score (nSPS) is 12.9. The number of anilines is 3. The van der Waals surface area contributed by atoms with E-state index in [1.165, 1.54) is 86.6 Å². The Morgan fingerprint density at radius 1 is 0.386 bits per heavy atom. The summed E-state index contributed by atoms with van der Waals surface area (Å²) in [4.78, 5) is 2.50. The van der Waals surface area contributed by atoms with Crippen LogP contribution in [0.15, 0.2) is 200 Å². The zero-order valence-electron chi connectivity index (χ0n) is 31.9. The van der Waals surface area contributed by atoms with Crippen molar-refractivity contribution in [2.75, 3.05) is 4.90 Å². The number of nitrogens with zero attached hydrogens (tertiary/aromatic N) is 1. The monoisotopic (exact) mass is 745 g/mol. The molecular formula is C55H39NS. The fraction of sp³-hybridized carbons (Fsp3) is 0.0545. The van der Waals surface area contributed by atoms with E-state index in [0.717, 1.165) is 17.1 Å². The van der Waals surface area contributed by atoms with Crippen molar-refractivity contribution in [1.29, 1.82) is 0 Å². The Labute approximate surface area is 337 Å². The number of hydrogen-bond donors (Lipinski definition) is 0.